The smallest absolute Gasteiger partial charge is 0.287 e. The van der Waals surface area contributed by atoms with Gasteiger partial charge in [0.05, 0.1) is 10.7 Å². The topological polar surface area (TPSA) is 69.3 Å². The van der Waals surface area contributed by atoms with Crippen LogP contribution in [0.5, 0.6) is 5.75 Å². The predicted molar refractivity (Wildman–Crippen MR) is 93.6 cm³/mol. The molecule has 2 aromatic heterocycles. The standard InChI is InChI=1S/C18H17ClFN3O3/c1-11-12(9-23(2)22-11)8-21-18(24)17-6-4-14(26-17)10-25-16-5-3-13(20)7-15(16)19/h3-7,9H,8,10H2,1-2H3,(H,21,24). The molecule has 0 unspecified atom stereocenters. The Morgan fingerprint density at radius 1 is 1.38 bits per heavy atom. The van der Waals surface area contributed by atoms with Crippen LogP contribution in [0.2, 0.25) is 5.02 Å². The van der Waals surface area contributed by atoms with Gasteiger partial charge < -0.3 is 14.5 Å². The molecule has 0 bridgehead atoms. The molecule has 0 atom stereocenters. The van der Waals surface area contributed by atoms with Crippen molar-refractivity contribution in [3.63, 3.8) is 0 Å². The Labute approximate surface area is 154 Å². The minimum absolute atomic E-state index is 0.0698. The average Bonchev–Trinajstić information content (AvgIpc) is 3.18. The maximum absolute atomic E-state index is 13.0. The number of halogens is 2. The lowest BCUT2D eigenvalue weighted by atomic mass is 10.2. The SMILES string of the molecule is Cc1nn(C)cc1CNC(=O)c1ccc(COc2ccc(F)cc2Cl)o1. The highest BCUT2D eigenvalue weighted by molar-refractivity contribution is 6.32. The molecule has 3 rings (SSSR count). The summed E-state index contributed by atoms with van der Waals surface area (Å²) >= 11 is 5.90. The number of ether oxygens (including phenoxy) is 1. The van der Waals surface area contributed by atoms with Crippen molar-refractivity contribution in [2.24, 2.45) is 7.05 Å². The number of hydrogen-bond donors (Lipinski definition) is 1. The van der Waals surface area contributed by atoms with E-state index in [2.05, 4.69) is 10.4 Å². The van der Waals surface area contributed by atoms with E-state index in [0.717, 1.165) is 11.3 Å². The monoisotopic (exact) mass is 377 g/mol. The number of nitrogens with zero attached hydrogens (tertiary/aromatic N) is 2. The van der Waals surface area contributed by atoms with E-state index in [9.17, 15) is 9.18 Å². The molecule has 6 nitrogen and oxygen atoms in total. The highest BCUT2D eigenvalue weighted by Crippen LogP contribution is 2.26. The Balaban J connectivity index is 1.56. The molecular formula is C18H17ClFN3O3. The van der Waals surface area contributed by atoms with E-state index < -0.39 is 5.82 Å². The van der Waals surface area contributed by atoms with Gasteiger partial charge in [0.15, 0.2) is 5.76 Å². The lowest BCUT2D eigenvalue weighted by molar-refractivity contribution is 0.0919. The number of hydrogen-bond acceptors (Lipinski definition) is 4. The van der Waals surface area contributed by atoms with Gasteiger partial charge in [-0.3, -0.25) is 9.48 Å². The molecule has 26 heavy (non-hydrogen) atoms. The van der Waals surface area contributed by atoms with Gasteiger partial charge in [-0.1, -0.05) is 11.6 Å². The second kappa shape index (κ2) is 7.61. The lowest BCUT2D eigenvalue weighted by Gasteiger charge is -2.06. The zero-order valence-corrected chi connectivity index (χ0v) is 15.0. The van der Waals surface area contributed by atoms with Gasteiger partial charge in [-0.05, 0) is 37.3 Å². The molecule has 2 heterocycles. The van der Waals surface area contributed by atoms with Crippen LogP contribution in [0.3, 0.4) is 0 Å². The van der Waals surface area contributed by atoms with Crippen LogP contribution in [0, 0.1) is 12.7 Å². The van der Waals surface area contributed by atoms with Gasteiger partial charge in [0.25, 0.3) is 5.91 Å². The molecule has 0 aliphatic rings. The molecule has 1 N–H and O–H groups in total. The predicted octanol–water partition coefficient (Wildman–Crippen LogP) is 3.62. The number of aromatic nitrogens is 2. The summed E-state index contributed by atoms with van der Waals surface area (Å²) in [7, 11) is 1.82. The molecule has 3 aromatic rings. The summed E-state index contributed by atoms with van der Waals surface area (Å²) in [6.45, 7) is 2.31. The van der Waals surface area contributed by atoms with Crippen LogP contribution in [0.25, 0.3) is 0 Å². The molecule has 1 aromatic carbocycles. The maximum Gasteiger partial charge on any atom is 0.287 e. The molecule has 0 fully saturated rings. The molecule has 8 heteroatoms. The van der Waals surface area contributed by atoms with E-state index in [1.54, 1.807) is 16.8 Å². The number of amides is 1. The largest absolute Gasteiger partial charge is 0.484 e. The van der Waals surface area contributed by atoms with Crippen molar-refractivity contribution in [2.45, 2.75) is 20.1 Å². The van der Waals surface area contributed by atoms with E-state index in [4.69, 9.17) is 20.8 Å². The second-order valence-electron chi connectivity index (χ2n) is 5.73. The number of benzene rings is 1. The summed E-state index contributed by atoms with van der Waals surface area (Å²) in [5.41, 5.74) is 1.79. The first kappa shape index (κ1) is 18.0. The Bertz CT molecular complexity index is 936. The van der Waals surface area contributed by atoms with E-state index in [-0.39, 0.29) is 23.3 Å². The van der Waals surface area contributed by atoms with Crippen molar-refractivity contribution in [2.75, 3.05) is 0 Å². The van der Waals surface area contributed by atoms with Crippen molar-refractivity contribution in [3.8, 4) is 5.75 Å². The van der Waals surface area contributed by atoms with Gasteiger partial charge in [-0.15, -0.1) is 0 Å². The van der Waals surface area contributed by atoms with Crippen LogP contribution in [0.1, 0.15) is 27.6 Å². The molecule has 0 aliphatic carbocycles. The van der Waals surface area contributed by atoms with E-state index in [0.29, 0.717) is 18.1 Å². The van der Waals surface area contributed by atoms with Gasteiger partial charge in [0.1, 0.15) is 23.9 Å². The van der Waals surface area contributed by atoms with Crippen molar-refractivity contribution in [1.82, 2.24) is 15.1 Å². The Morgan fingerprint density at radius 3 is 2.88 bits per heavy atom. The Hall–Kier alpha value is -2.80. The average molecular weight is 378 g/mol. The van der Waals surface area contributed by atoms with Gasteiger partial charge >= 0.3 is 0 Å². The number of carbonyl (C=O) groups excluding carboxylic acids is 1. The first-order valence-electron chi connectivity index (χ1n) is 7.86. The fourth-order valence-corrected chi connectivity index (χ4v) is 2.63. The number of rotatable bonds is 6. The fourth-order valence-electron chi connectivity index (χ4n) is 2.40. The van der Waals surface area contributed by atoms with Gasteiger partial charge in [0.2, 0.25) is 0 Å². The highest BCUT2D eigenvalue weighted by atomic mass is 35.5. The van der Waals surface area contributed by atoms with Crippen LogP contribution < -0.4 is 10.1 Å². The second-order valence-corrected chi connectivity index (χ2v) is 6.13. The zero-order valence-electron chi connectivity index (χ0n) is 14.3. The highest BCUT2D eigenvalue weighted by Gasteiger charge is 2.13. The van der Waals surface area contributed by atoms with Crippen LogP contribution in [-0.4, -0.2) is 15.7 Å². The normalized spacial score (nSPS) is 10.8. The van der Waals surface area contributed by atoms with E-state index in [1.807, 2.05) is 20.2 Å². The van der Waals surface area contributed by atoms with Crippen LogP contribution in [-0.2, 0) is 20.2 Å². The summed E-state index contributed by atoms with van der Waals surface area (Å²) in [4.78, 5) is 12.2. The zero-order chi connectivity index (χ0) is 18.7. The third-order valence-electron chi connectivity index (χ3n) is 3.70. The third-order valence-corrected chi connectivity index (χ3v) is 4.00. The minimum Gasteiger partial charge on any atom is -0.484 e. The quantitative estimate of drug-likeness (QED) is 0.712. The minimum atomic E-state index is -0.442. The van der Waals surface area contributed by atoms with Crippen molar-refractivity contribution in [3.05, 3.63) is 70.1 Å². The number of nitrogens with one attached hydrogen (secondary N) is 1. The fraction of sp³-hybridized carbons (Fsp3) is 0.222. The Morgan fingerprint density at radius 2 is 2.19 bits per heavy atom. The summed E-state index contributed by atoms with van der Waals surface area (Å²) in [5.74, 6) is 0.188. The van der Waals surface area contributed by atoms with Gasteiger partial charge in [-0.25, -0.2) is 4.39 Å². The lowest BCUT2D eigenvalue weighted by Crippen LogP contribution is -2.22. The van der Waals surface area contributed by atoms with E-state index >= 15 is 0 Å². The molecule has 0 aliphatic heterocycles. The third kappa shape index (κ3) is 4.23. The van der Waals surface area contributed by atoms with Gasteiger partial charge in [0, 0.05) is 25.4 Å². The molecule has 0 radical (unpaired) electrons. The molecule has 0 saturated carbocycles. The summed E-state index contributed by atoms with van der Waals surface area (Å²) in [6.07, 6.45) is 1.85. The number of aryl methyl sites for hydroxylation is 2. The number of carbonyl (C=O) groups is 1. The maximum atomic E-state index is 13.0. The molecular weight excluding hydrogens is 361 g/mol. The van der Waals surface area contributed by atoms with Crippen LogP contribution >= 0.6 is 11.6 Å². The van der Waals surface area contributed by atoms with Crippen molar-refractivity contribution in [1.29, 1.82) is 0 Å². The van der Waals surface area contributed by atoms with E-state index in [1.165, 1.54) is 18.2 Å². The summed E-state index contributed by atoms with van der Waals surface area (Å²) in [6, 6.07) is 7.06. The molecule has 0 spiro atoms. The summed E-state index contributed by atoms with van der Waals surface area (Å²) in [5, 5.41) is 7.17. The van der Waals surface area contributed by atoms with Crippen molar-refractivity contribution >= 4 is 17.5 Å². The van der Waals surface area contributed by atoms with Gasteiger partial charge in [-0.2, -0.15) is 5.10 Å². The van der Waals surface area contributed by atoms with Crippen molar-refractivity contribution < 1.29 is 18.3 Å². The first-order chi connectivity index (χ1) is 12.4. The Kier molecular flexibility index (Phi) is 5.27. The molecule has 1 amide bonds. The molecule has 0 saturated heterocycles. The summed E-state index contributed by atoms with van der Waals surface area (Å²) < 4.78 is 25.7. The molecule has 136 valence electrons. The van der Waals surface area contributed by atoms with Crippen LogP contribution in [0.15, 0.2) is 40.9 Å². The first-order valence-corrected chi connectivity index (χ1v) is 8.24. The number of furan rings is 1. The van der Waals surface area contributed by atoms with Crippen LogP contribution in [0.4, 0.5) is 4.39 Å².